The average Bonchev–Trinajstić information content (AvgIpc) is 2.81. The number of carbonyl (C=O) groups is 2. The standard InChI is InChI=1S/C26H30N4O3/c1-18(2)25(26(32)29-27-16-19-9-12-22(13-10-19)30(3)4)28-24(31)17-33-23-14-11-20-7-5-6-8-21(20)15-23/h5-16,18,25H,17H2,1-4H3,(H,28,31)(H,29,32)/b27-16-/t25-/m1/s1. The second-order valence-corrected chi connectivity index (χ2v) is 8.31. The molecule has 3 aromatic carbocycles. The molecule has 7 nitrogen and oxygen atoms in total. The van der Waals surface area contributed by atoms with Crippen LogP contribution in [0.1, 0.15) is 19.4 Å². The van der Waals surface area contributed by atoms with Crippen LogP contribution < -0.4 is 20.4 Å². The van der Waals surface area contributed by atoms with Gasteiger partial charge in [-0.15, -0.1) is 0 Å². The molecule has 3 rings (SSSR count). The molecule has 33 heavy (non-hydrogen) atoms. The SMILES string of the molecule is CC(C)[C@@H](NC(=O)COc1ccc2ccccc2c1)C(=O)N/N=C\c1ccc(N(C)C)cc1. The third-order valence-electron chi connectivity index (χ3n) is 5.15. The van der Waals surface area contributed by atoms with E-state index >= 15 is 0 Å². The summed E-state index contributed by atoms with van der Waals surface area (Å²) in [7, 11) is 3.94. The molecule has 0 saturated heterocycles. The predicted molar refractivity (Wildman–Crippen MR) is 133 cm³/mol. The second-order valence-electron chi connectivity index (χ2n) is 8.31. The Balaban J connectivity index is 1.52. The topological polar surface area (TPSA) is 83.0 Å². The smallest absolute Gasteiger partial charge is 0.262 e. The fraction of sp³-hybridized carbons (Fsp3) is 0.269. The normalized spacial score (nSPS) is 12.0. The van der Waals surface area contributed by atoms with Crippen LogP contribution in [0.15, 0.2) is 71.8 Å². The van der Waals surface area contributed by atoms with Crippen molar-refractivity contribution in [3.63, 3.8) is 0 Å². The van der Waals surface area contributed by atoms with Gasteiger partial charge in [-0.1, -0.05) is 56.3 Å². The quantitative estimate of drug-likeness (QED) is 0.389. The molecule has 0 spiro atoms. The molecule has 0 aliphatic rings. The van der Waals surface area contributed by atoms with Gasteiger partial charge in [-0.3, -0.25) is 9.59 Å². The number of rotatable bonds is 9. The van der Waals surface area contributed by atoms with E-state index in [4.69, 9.17) is 4.74 Å². The Bertz CT molecular complexity index is 1120. The Labute approximate surface area is 194 Å². The number of carbonyl (C=O) groups excluding carboxylic acids is 2. The summed E-state index contributed by atoms with van der Waals surface area (Å²) in [5.41, 5.74) is 4.44. The van der Waals surface area contributed by atoms with E-state index in [9.17, 15) is 9.59 Å². The van der Waals surface area contributed by atoms with E-state index in [1.54, 1.807) is 6.21 Å². The third kappa shape index (κ3) is 6.80. The highest BCUT2D eigenvalue weighted by molar-refractivity contribution is 5.89. The minimum Gasteiger partial charge on any atom is -0.484 e. The maximum atomic E-state index is 12.6. The lowest BCUT2D eigenvalue weighted by atomic mass is 10.0. The Hall–Kier alpha value is -3.87. The van der Waals surface area contributed by atoms with Gasteiger partial charge in [-0.2, -0.15) is 5.10 Å². The Kier molecular flexibility index (Phi) is 8.02. The van der Waals surface area contributed by atoms with Gasteiger partial charge in [-0.05, 0) is 46.5 Å². The molecule has 3 aromatic rings. The number of hydrogen-bond acceptors (Lipinski definition) is 5. The monoisotopic (exact) mass is 446 g/mol. The van der Waals surface area contributed by atoms with Gasteiger partial charge >= 0.3 is 0 Å². The predicted octanol–water partition coefficient (Wildman–Crippen LogP) is 3.58. The third-order valence-corrected chi connectivity index (χ3v) is 5.15. The molecule has 0 fully saturated rings. The van der Waals surface area contributed by atoms with Gasteiger partial charge in [0.15, 0.2) is 6.61 Å². The molecule has 0 aromatic heterocycles. The summed E-state index contributed by atoms with van der Waals surface area (Å²) < 4.78 is 5.62. The van der Waals surface area contributed by atoms with E-state index in [0.29, 0.717) is 5.75 Å². The highest BCUT2D eigenvalue weighted by Crippen LogP contribution is 2.20. The number of hydrazone groups is 1. The molecular formula is C26H30N4O3. The van der Waals surface area contributed by atoms with E-state index in [1.165, 1.54) is 0 Å². The van der Waals surface area contributed by atoms with Crippen molar-refractivity contribution in [2.75, 3.05) is 25.6 Å². The molecule has 0 unspecified atom stereocenters. The summed E-state index contributed by atoms with van der Waals surface area (Å²) in [5, 5.41) is 8.89. The molecule has 0 heterocycles. The van der Waals surface area contributed by atoms with Crippen LogP contribution in [0.2, 0.25) is 0 Å². The van der Waals surface area contributed by atoms with Crippen molar-refractivity contribution in [1.29, 1.82) is 0 Å². The minimum absolute atomic E-state index is 0.121. The number of fused-ring (bicyclic) bond motifs is 1. The van der Waals surface area contributed by atoms with Gasteiger partial charge in [-0.25, -0.2) is 5.43 Å². The van der Waals surface area contributed by atoms with Crippen molar-refractivity contribution in [2.45, 2.75) is 19.9 Å². The van der Waals surface area contributed by atoms with E-state index in [2.05, 4.69) is 15.8 Å². The Morgan fingerprint density at radius 3 is 2.36 bits per heavy atom. The van der Waals surface area contributed by atoms with Crippen LogP contribution in [0.5, 0.6) is 5.75 Å². The number of amides is 2. The molecule has 0 saturated carbocycles. The average molecular weight is 447 g/mol. The molecule has 7 heteroatoms. The molecule has 0 bridgehead atoms. The van der Waals surface area contributed by atoms with Gasteiger partial charge in [0.25, 0.3) is 11.8 Å². The first-order valence-electron chi connectivity index (χ1n) is 10.8. The number of anilines is 1. The van der Waals surface area contributed by atoms with E-state index in [1.807, 2.05) is 99.6 Å². The van der Waals surface area contributed by atoms with E-state index < -0.39 is 6.04 Å². The molecule has 0 aliphatic heterocycles. The zero-order chi connectivity index (χ0) is 23.8. The number of nitrogens with zero attached hydrogens (tertiary/aromatic N) is 2. The zero-order valence-corrected chi connectivity index (χ0v) is 19.4. The second kappa shape index (κ2) is 11.1. The van der Waals surface area contributed by atoms with Gasteiger partial charge in [0, 0.05) is 19.8 Å². The minimum atomic E-state index is -0.731. The molecule has 0 aliphatic carbocycles. The van der Waals surface area contributed by atoms with Gasteiger partial charge in [0.2, 0.25) is 0 Å². The molecular weight excluding hydrogens is 416 g/mol. The fourth-order valence-corrected chi connectivity index (χ4v) is 3.25. The van der Waals surface area contributed by atoms with Crippen molar-refractivity contribution in [3.05, 3.63) is 72.3 Å². The molecule has 2 amide bonds. The van der Waals surface area contributed by atoms with Gasteiger partial charge in [0.1, 0.15) is 11.8 Å². The summed E-state index contributed by atoms with van der Waals surface area (Å²) in [6.07, 6.45) is 1.57. The van der Waals surface area contributed by atoms with Crippen LogP contribution in [-0.4, -0.2) is 44.8 Å². The Morgan fingerprint density at radius 1 is 1.00 bits per heavy atom. The summed E-state index contributed by atoms with van der Waals surface area (Å²) in [5.74, 6) is -0.283. The zero-order valence-electron chi connectivity index (χ0n) is 19.4. The number of hydrogen-bond donors (Lipinski definition) is 2. The first kappa shape index (κ1) is 23.8. The largest absolute Gasteiger partial charge is 0.484 e. The van der Waals surface area contributed by atoms with Crippen molar-refractivity contribution in [3.8, 4) is 5.75 Å². The van der Waals surface area contributed by atoms with Crippen LogP contribution in [0.3, 0.4) is 0 Å². The van der Waals surface area contributed by atoms with E-state index in [-0.39, 0.29) is 24.3 Å². The lowest BCUT2D eigenvalue weighted by molar-refractivity contribution is -0.131. The first-order chi connectivity index (χ1) is 15.8. The van der Waals surface area contributed by atoms with Crippen LogP contribution in [0.4, 0.5) is 5.69 Å². The van der Waals surface area contributed by atoms with E-state index in [0.717, 1.165) is 22.0 Å². The summed E-state index contributed by atoms with van der Waals surface area (Å²) in [6, 6.07) is 20.6. The van der Waals surface area contributed by atoms with Gasteiger partial charge < -0.3 is 15.0 Å². The summed E-state index contributed by atoms with van der Waals surface area (Å²) >= 11 is 0. The molecule has 2 N–H and O–H groups in total. The fourth-order valence-electron chi connectivity index (χ4n) is 3.25. The van der Waals surface area contributed by atoms with Gasteiger partial charge in [0.05, 0.1) is 6.21 Å². The number of ether oxygens (including phenoxy) is 1. The van der Waals surface area contributed by atoms with Crippen LogP contribution in [0.25, 0.3) is 10.8 Å². The molecule has 1 atom stereocenters. The summed E-state index contributed by atoms with van der Waals surface area (Å²) in [4.78, 5) is 27.0. The highest BCUT2D eigenvalue weighted by atomic mass is 16.5. The van der Waals surface area contributed by atoms with Crippen LogP contribution in [-0.2, 0) is 9.59 Å². The van der Waals surface area contributed by atoms with Crippen molar-refractivity contribution in [2.24, 2.45) is 11.0 Å². The van der Waals surface area contributed by atoms with Crippen molar-refractivity contribution < 1.29 is 14.3 Å². The maximum Gasteiger partial charge on any atom is 0.262 e. The van der Waals surface area contributed by atoms with Crippen LogP contribution >= 0.6 is 0 Å². The first-order valence-corrected chi connectivity index (χ1v) is 10.8. The lowest BCUT2D eigenvalue weighted by Crippen LogP contribution is -2.49. The van der Waals surface area contributed by atoms with Crippen molar-refractivity contribution >= 4 is 34.5 Å². The maximum absolute atomic E-state index is 12.6. The number of nitrogens with one attached hydrogen (secondary N) is 2. The summed E-state index contributed by atoms with van der Waals surface area (Å²) in [6.45, 7) is 3.53. The molecule has 0 radical (unpaired) electrons. The highest BCUT2D eigenvalue weighted by Gasteiger charge is 2.24. The lowest BCUT2D eigenvalue weighted by Gasteiger charge is -2.20. The van der Waals surface area contributed by atoms with Crippen LogP contribution in [0, 0.1) is 5.92 Å². The Morgan fingerprint density at radius 2 is 1.70 bits per heavy atom. The van der Waals surface area contributed by atoms with Crippen molar-refractivity contribution in [1.82, 2.24) is 10.7 Å². The number of benzene rings is 3. The molecule has 172 valence electrons.